The van der Waals surface area contributed by atoms with E-state index >= 15 is 0 Å². The number of imide groups is 1. The third-order valence-corrected chi connectivity index (χ3v) is 5.04. The van der Waals surface area contributed by atoms with Gasteiger partial charge in [0.1, 0.15) is 17.7 Å². The first-order valence-corrected chi connectivity index (χ1v) is 8.87. The Morgan fingerprint density at radius 1 is 1.18 bits per heavy atom. The van der Waals surface area contributed by atoms with Crippen molar-refractivity contribution in [2.24, 2.45) is 0 Å². The molecule has 2 aliphatic rings. The van der Waals surface area contributed by atoms with Gasteiger partial charge in [-0.1, -0.05) is 0 Å². The average molecular weight is 418 g/mol. The Morgan fingerprint density at radius 3 is 2.46 bits per heavy atom. The molecule has 0 aromatic heterocycles. The van der Waals surface area contributed by atoms with Gasteiger partial charge < -0.3 is 10.4 Å². The van der Waals surface area contributed by atoms with Crippen LogP contribution in [-0.2, 0) is 14.4 Å². The molecule has 1 aromatic carbocycles. The smallest absolute Gasteiger partial charge is 0.317 e. The summed E-state index contributed by atoms with van der Waals surface area (Å²) < 4.78 is 29.0. The van der Waals surface area contributed by atoms with E-state index < -0.39 is 29.6 Å². The standard InChI is InChI=1S/C18H21F2N3O4.ClH/c19-12-8-15(21-14-1-2-16(24)22-18(14)27)13(20)7-11(12)10-3-5-23(6-4-10)9-17(25)26;/h7-8,10,14,21H,1-6,9H2,(H,25,26)(H,22,24,27);1H. The van der Waals surface area contributed by atoms with E-state index in [0.717, 1.165) is 12.1 Å². The fourth-order valence-electron chi connectivity index (χ4n) is 3.60. The van der Waals surface area contributed by atoms with Crippen LogP contribution in [0, 0.1) is 11.6 Å². The second-order valence-electron chi connectivity index (χ2n) is 6.95. The quantitative estimate of drug-likeness (QED) is 0.633. The molecule has 154 valence electrons. The van der Waals surface area contributed by atoms with Gasteiger partial charge in [0, 0.05) is 12.5 Å². The van der Waals surface area contributed by atoms with E-state index in [-0.39, 0.29) is 54.9 Å². The summed E-state index contributed by atoms with van der Waals surface area (Å²) in [5, 5.41) is 13.6. The van der Waals surface area contributed by atoms with Crippen LogP contribution in [0.4, 0.5) is 14.5 Å². The molecule has 28 heavy (non-hydrogen) atoms. The van der Waals surface area contributed by atoms with Gasteiger partial charge in [-0.15, -0.1) is 12.4 Å². The molecule has 1 atom stereocenters. The Kier molecular flexibility index (Phi) is 7.31. The molecule has 1 unspecified atom stereocenters. The number of likely N-dealkylation sites (tertiary alicyclic amines) is 1. The van der Waals surface area contributed by atoms with E-state index in [0.29, 0.717) is 25.9 Å². The number of carbonyl (C=O) groups excluding carboxylic acids is 2. The van der Waals surface area contributed by atoms with Crippen molar-refractivity contribution in [2.45, 2.75) is 37.6 Å². The molecule has 0 saturated carbocycles. The maximum atomic E-state index is 14.6. The summed E-state index contributed by atoms with van der Waals surface area (Å²) >= 11 is 0. The second kappa shape index (κ2) is 9.29. The molecule has 2 amide bonds. The van der Waals surface area contributed by atoms with E-state index in [1.807, 2.05) is 0 Å². The van der Waals surface area contributed by atoms with Crippen molar-refractivity contribution < 1.29 is 28.3 Å². The molecule has 3 N–H and O–H groups in total. The van der Waals surface area contributed by atoms with Crippen molar-refractivity contribution in [2.75, 3.05) is 25.0 Å². The van der Waals surface area contributed by atoms with Crippen LogP contribution in [0.1, 0.15) is 37.2 Å². The summed E-state index contributed by atoms with van der Waals surface area (Å²) in [5.41, 5.74) is 0.144. The molecular formula is C18H22ClF2N3O4. The van der Waals surface area contributed by atoms with E-state index in [9.17, 15) is 23.2 Å². The first-order valence-electron chi connectivity index (χ1n) is 8.87. The molecule has 3 rings (SSSR count). The van der Waals surface area contributed by atoms with Gasteiger partial charge in [0.15, 0.2) is 0 Å². The highest BCUT2D eigenvalue weighted by Crippen LogP contribution is 2.32. The summed E-state index contributed by atoms with van der Waals surface area (Å²) in [6, 6.07) is 1.39. The highest BCUT2D eigenvalue weighted by Gasteiger charge is 2.29. The molecule has 2 fully saturated rings. The number of aliphatic carboxylic acids is 1. The number of nitrogens with one attached hydrogen (secondary N) is 2. The number of benzene rings is 1. The fraction of sp³-hybridized carbons (Fsp3) is 0.500. The summed E-state index contributed by atoms with van der Waals surface area (Å²) in [5.74, 6) is -3.26. The predicted molar refractivity (Wildman–Crippen MR) is 99.5 cm³/mol. The van der Waals surface area contributed by atoms with Gasteiger partial charge in [-0.3, -0.25) is 24.6 Å². The van der Waals surface area contributed by atoms with E-state index in [1.165, 1.54) is 0 Å². The number of piperidine rings is 2. The highest BCUT2D eigenvalue weighted by molar-refractivity contribution is 6.01. The zero-order valence-corrected chi connectivity index (χ0v) is 15.9. The minimum Gasteiger partial charge on any atom is -0.480 e. The van der Waals surface area contributed by atoms with Gasteiger partial charge in [0.25, 0.3) is 0 Å². The lowest BCUT2D eigenvalue weighted by Gasteiger charge is -2.31. The van der Waals surface area contributed by atoms with E-state index in [1.54, 1.807) is 4.90 Å². The zero-order valence-electron chi connectivity index (χ0n) is 15.0. The molecular weight excluding hydrogens is 396 g/mol. The van der Waals surface area contributed by atoms with Crippen LogP contribution in [-0.4, -0.2) is 53.5 Å². The SMILES string of the molecule is Cl.O=C(O)CN1CCC(c2cc(F)c(NC3CCC(=O)NC3=O)cc2F)CC1. The third-order valence-electron chi connectivity index (χ3n) is 5.04. The minimum absolute atomic E-state index is 0. The number of hydrogen-bond acceptors (Lipinski definition) is 5. The van der Waals surface area contributed by atoms with Crippen LogP contribution in [0.3, 0.4) is 0 Å². The molecule has 2 heterocycles. The first-order chi connectivity index (χ1) is 12.8. The molecule has 1 aromatic rings. The monoisotopic (exact) mass is 417 g/mol. The van der Waals surface area contributed by atoms with E-state index in [2.05, 4.69) is 10.6 Å². The number of amides is 2. The van der Waals surface area contributed by atoms with Crippen molar-refractivity contribution in [3.8, 4) is 0 Å². The summed E-state index contributed by atoms with van der Waals surface area (Å²) in [7, 11) is 0. The van der Waals surface area contributed by atoms with E-state index in [4.69, 9.17) is 5.11 Å². The Morgan fingerprint density at radius 2 is 1.86 bits per heavy atom. The van der Waals surface area contributed by atoms with Crippen molar-refractivity contribution in [1.29, 1.82) is 0 Å². The summed E-state index contributed by atoms with van der Waals surface area (Å²) in [6.45, 7) is 0.959. The summed E-state index contributed by atoms with van der Waals surface area (Å²) in [4.78, 5) is 35.5. The van der Waals surface area contributed by atoms with Crippen LogP contribution in [0.2, 0.25) is 0 Å². The zero-order chi connectivity index (χ0) is 19.6. The van der Waals surface area contributed by atoms with Crippen molar-refractivity contribution >= 4 is 35.9 Å². The number of halogens is 3. The lowest BCUT2D eigenvalue weighted by molar-refractivity contribution is -0.138. The number of anilines is 1. The number of hydrogen-bond donors (Lipinski definition) is 3. The number of carbonyl (C=O) groups is 3. The largest absolute Gasteiger partial charge is 0.480 e. The van der Waals surface area contributed by atoms with Crippen molar-refractivity contribution in [1.82, 2.24) is 10.2 Å². The molecule has 0 aliphatic carbocycles. The molecule has 0 bridgehead atoms. The Balaban J connectivity index is 0.00000280. The van der Waals surface area contributed by atoms with Crippen molar-refractivity contribution in [3.63, 3.8) is 0 Å². The molecule has 2 aliphatic heterocycles. The van der Waals surface area contributed by atoms with Gasteiger partial charge in [0.05, 0.1) is 12.2 Å². The minimum atomic E-state index is -0.908. The van der Waals surface area contributed by atoms with Crippen LogP contribution < -0.4 is 10.6 Å². The maximum absolute atomic E-state index is 14.6. The number of nitrogens with zero attached hydrogens (tertiary/aromatic N) is 1. The predicted octanol–water partition coefficient (Wildman–Crippen LogP) is 1.87. The normalized spacial score (nSPS) is 21.0. The summed E-state index contributed by atoms with van der Waals surface area (Å²) in [6.07, 6.45) is 1.45. The number of carboxylic acid groups (broad SMARTS) is 1. The Labute approximate surface area is 166 Å². The molecule has 0 radical (unpaired) electrons. The van der Waals surface area contributed by atoms with Crippen LogP contribution in [0.5, 0.6) is 0 Å². The van der Waals surface area contributed by atoms with Gasteiger partial charge in [-0.2, -0.15) is 0 Å². The van der Waals surface area contributed by atoms with Gasteiger partial charge in [-0.25, -0.2) is 8.78 Å². The molecule has 7 nitrogen and oxygen atoms in total. The molecule has 0 spiro atoms. The Bertz CT molecular complexity index is 769. The average Bonchev–Trinajstić information content (AvgIpc) is 2.60. The third kappa shape index (κ3) is 5.17. The van der Waals surface area contributed by atoms with Gasteiger partial charge in [0.2, 0.25) is 11.8 Å². The lowest BCUT2D eigenvalue weighted by atomic mass is 9.88. The lowest BCUT2D eigenvalue weighted by Crippen LogP contribution is -2.47. The Hall–Kier alpha value is -2.26. The highest BCUT2D eigenvalue weighted by atomic mass is 35.5. The molecule has 10 heteroatoms. The van der Waals surface area contributed by atoms with Gasteiger partial charge in [-0.05, 0) is 49.9 Å². The maximum Gasteiger partial charge on any atom is 0.317 e. The first kappa shape index (κ1) is 22.0. The van der Waals surface area contributed by atoms with Gasteiger partial charge >= 0.3 is 5.97 Å². The van der Waals surface area contributed by atoms with Crippen LogP contribution >= 0.6 is 12.4 Å². The number of carboxylic acids is 1. The topological polar surface area (TPSA) is 98.7 Å². The number of rotatable bonds is 5. The second-order valence-corrected chi connectivity index (χ2v) is 6.95. The van der Waals surface area contributed by atoms with Crippen molar-refractivity contribution in [3.05, 3.63) is 29.3 Å². The molecule has 2 saturated heterocycles. The van der Waals surface area contributed by atoms with Crippen LogP contribution in [0.25, 0.3) is 0 Å². The fourth-order valence-corrected chi connectivity index (χ4v) is 3.60. The van der Waals surface area contributed by atoms with Crippen LogP contribution in [0.15, 0.2) is 12.1 Å².